The molecular formula is C26H39N3O5. The van der Waals surface area contributed by atoms with E-state index < -0.39 is 17.7 Å². The predicted octanol–water partition coefficient (Wildman–Crippen LogP) is 4.33. The molecule has 0 aromatic heterocycles. The number of alkyl carbamates (subject to hydrolysis) is 1. The average Bonchev–Trinajstić information content (AvgIpc) is 2.80. The van der Waals surface area contributed by atoms with Crippen molar-refractivity contribution in [3.63, 3.8) is 0 Å². The molecule has 1 aromatic carbocycles. The molecule has 1 N–H and O–H groups in total. The van der Waals surface area contributed by atoms with E-state index in [1.165, 1.54) is 0 Å². The number of benzene rings is 1. The molecule has 0 radical (unpaired) electrons. The summed E-state index contributed by atoms with van der Waals surface area (Å²) in [5.41, 5.74) is 0.297. The van der Waals surface area contributed by atoms with Gasteiger partial charge in [-0.1, -0.05) is 49.6 Å². The molecule has 0 bridgehead atoms. The lowest BCUT2D eigenvalue weighted by molar-refractivity contribution is -0.138. The summed E-state index contributed by atoms with van der Waals surface area (Å²) in [5, 5.41) is 2.87. The molecule has 3 rings (SSSR count). The number of piperazine rings is 1. The van der Waals surface area contributed by atoms with E-state index in [1.54, 1.807) is 9.80 Å². The molecule has 1 saturated carbocycles. The fraction of sp³-hybridized carbons (Fsp3) is 0.654. The SMILES string of the molecule is C[C@H]1CN(C(=O)[C@@H](NC(=O)OC(C)(C)C)C2CCCCC2)CCN1C(=O)OCc1ccccc1. The van der Waals surface area contributed by atoms with Crippen molar-refractivity contribution >= 4 is 18.1 Å². The first kappa shape index (κ1) is 25.8. The maximum absolute atomic E-state index is 13.6. The van der Waals surface area contributed by atoms with E-state index in [9.17, 15) is 14.4 Å². The zero-order valence-corrected chi connectivity index (χ0v) is 20.9. The molecule has 0 unspecified atom stereocenters. The number of ether oxygens (including phenoxy) is 2. The largest absolute Gasteiger partial charge is 0.445 e. The van der Waals surface area contributed by atoms with E-state index >= 15 is 0 Å². The lowest BCUT2D eigenvalue weighted by atomic mass is 9.83. The van der Waals surface area contributed by atoms with Crippen LogP contribution in [-0.4, -0.2) is 65.2 Å². The van der Waals surface area contributed by atoms with Crippen LogP contribution in [0.3, 0.4) is 0 Å². The second-order valence-corrected chi connectivity index (χ2v) is 10.4. The maximum Gasteiger partial charge on any atom is 0.410 e. The van der Waals surface area contributed by atoms with Gasteiger partial charge in [0.2, 0.25) is 5.91 Å². The van der Waals surface area contributed by atoms with Crippen molar-refractivity contribution in [1.29, 1.82) is 0 Å². The number of carbonyl (C=O) groups excluding carboxylic acids is 3. The van der Waals surface area contributed by atoms with Crippen LogP contribution in [0.4, 0.5) is 9.59 Å². The number of hydrogen-bond donors (Lipinski definition) is 1. The first-order chi connectivity index (χ1) is 16.1. The van der Waals surface area contributed by atoms with Crippen LogP contribution in [0.2, 0.25) is 0 Å². The molecule has 1 aliphatic carbocycles. The molecular weight excluding hydrogens is 434 g/mol. The van der Waals surface area contributed by atoms with Crippen LogP contribution in [0.25, 0.3) is 0 Å². The van der Waals surface area contributed by atoms with Gasteiger partial charge in [0.1, 0.15) is 18.2 Å². The molecule has 2 aliphatic rings. The van der Waals surface area contributed by atoms with Gasteiger partial charge in [0.25, 0.3) is 0 Å². The van der Waals surface area contributed by atoms with Crippen LogP contribution in [0.1, 0.15) is 65.4 Å². The number of nitrogens with zero attached hydrogens (tertiary/aromatic N) is 2. The van der Waals surface area contributed by atoms with Crippen LogP contribution in [0, 0.1) is 5.92 Å². The fourth-order valence-corrected chi connectivity index (χ4v) is 4.71. The minimum atomic E-state index is -0.634. The van der Waals surface area contributed by atoms with Gasteiger partial charge in [0.05, 0.1) is 0 Å². The number of carbonyl (C=O) groups is 3. The zero-order valence-electron chi connectivity index (χ0n) is 20.9. The highest BCUT2D eigenvalue weighted by Gasteiger charge is 2.38. The Labute approximate surface area is 202 Å². The highest BCUT2D eigenvalue weighted by Crippen LogP contribution is 2.28. The first-order valence-corrected chi connectivity index (χ1v) is 12.4. The van der Waals surface area contributed by atoms with Gasteiger partial charge in [-0.15, -0.1) is 0 Å². The quantitative estimate of drug-likeness (QED) is 0.688. The molecule has 3 amide bonds. The van der Waals surface area contributed by atoms with E-state index in [0.717, 1.165) is 37.7 Å². The molecule has 188 valence electrons. The number of rotatable bonds is 5. The summed E-state index contributed by atoms with van der Waals surface area (Å²) in [5.74, 6) is -0.000135. The van der Waals surface area contributed by atoms with Crippen molar-refractivity contribution in [3.05, 3.63) is 35.9 Å². The van der Waals surface area contributed by atoms with Crippen molar-refractivity contribution in [1.82, 2.24) is 15.1 Å². The maximum atomic E-state index is 13.6. The molecule has 34 heavy (non-hydrogen) atoms. The molecule has 1 aromatic rings. The van der Waals surface area contributed by atoms with Crippen LogP contribution in [0.15, 0.2) is 30.3 Å². The van der Waals surface area contributed by atoms with Gasteiger partial charge < -0.3 is 24.6 Å². The standard InChI is InChI=1S/C26H39N3O5/c1-19-17-28(15-16-29(19)25(32)33-18-20-11-7-5-8-12-20)23(30)22(21-13-9-6-10-14-21)27-24(31)34-26(2,3)4/h5,7-8,11-12,19,21-22H,6,9-10,13-18H2,1-4H3,(H,27,31)/t19-,22-/m0/s1. The topological polar surface area (TPSA) is 88.2 Å². The molecule has 2 atom stereocenters. The van der Waals surface area contributed by atoms with Crippen LogP contribution in [0.5, 0.6) is 0 Å². The summed E-state index contributed by atoms with van der Waals surface area (Å²) in [6.45, 7) is 8.76. The third-order valence-electron chi connectivity index (χ3n) is 6.44. The average molecular weight is 474 g/mol. The third-order valence-corrected chi connectivity index (χ3v) is 6.44. The highest BCUT2D eigenvalue weighted by molar-refractivity contribution is 5.86. The number of hydrogen-bond acceptors (Lipinski definition) is 5. The molecule has 8 heteroatoms. The van der Waals surface area contributed by atoms with Gasteiger partial charge >= 0.3 is 12.2 Å². The van der Waals surface area contributed by atoms with Gasteiger partial charge in [-0.25, -0.2) is 9.59 Å². The summed E-state index contributed by atoms with van der Waals surface area (Å²) in [6, 6.07) is 8.76. The normalized spacial score (nSPS) is 20.4. The van der Waals surface area contributed by atoms with E-state index in [-0.39, 0.29) is 30.6 Å². The minimum Gasteiger partial charge on any atom is -0.445 e. The Morgan fingerprint density at radius 3 is 2.35 bits per heavy atom. The Kier molecular flexibility index (Phi) is 8.80. The van der Waals surface area contributed by atoms with Crippen LogP contribution < -0.4 is 5.32 Å². The summed E-state index contributed by atoms with van der Waals surface area (Å²) in [4.78, 5) is 42.2. The molecule has 2 fully saturated rings. The smallest absolute Gasteiger partial charge is 0.410 e. The number of amides is 3. The second-order valence-electron chi connectivity index (χ2n) is 10.4. The zero-order chi connectivity index (χ0) is 24.7. The molecule has 1 aliphatic heterocycles. The fourth-order valence-electron chi connectivity index (χ4n) is 4.71. The molecule has 8 nitrogen and oxygen atoms in total. The summed E-state index contributed by atoms with van der Waals surface area (Å²) >= 11 is 0. The third kappa shape index (κ3) is 7.37. The van der Waals surface area contributed by atoms with Gasteiger partial charge in [0.15, 0.2) is 0 Å². The van der Waals surface area contributed by atoms with E-state index in [4.69, 9.17) is 9.47 Å². The Bertz CT molecular complexity index is 833. The van der Waals surface area contributed by atoms with Crippen molar-refractivity contribution in [2.24, 2.45) is 5.92 Å². The monoisotopic (exact) mass is 473 g/mol. The van der Waals surface area contributed by atoms with Crippen LogP contribution in [-0.2, 0) is 20.9 Å². The molecule has 1 heterocycles. The summed E-state index contributed by atoms with van der Waals surface area (Å²) < 4.78 is 10.9. The Hall–Kier alpha value is -2.77. The number of nitrogens with one attached hydrogen (secondary N) is 1. The van der Waals surface area contributed by atoms with Gasteiger partial charge in [-0.05, 0) is 52.0 Å². The van der Waals surface area contributed by atoms with Gasteiger partial charge in [-0.2, -0.15) is 0 Å². The Morgan fingerprint density at radius 1 is 1.06 bits per heavy atom. The lowest BCUT2D eigenvalue weighted by Gasteiger charge is -2.41. The van der Waals surface area contributed by atoms with Crippen molar-refractivity contribution in [2.75, 3.05) is 19.6 Å². The van der Waals surface area contributed by atoms with Gasteiger partial charge in [0, 0.05) is 25.7 Å². The minimum absolute atomic E-state index is 0.0953. The van der Waals surface area contributed by atoms with Crippen molar-refractivity contribution in [2.45, 2.75) is 84.1 Å². The first-order valence-electron chi connectivity index (χ1n) is 12.4. The van der Waals surface area contributed by atoms with E-state index in [0.29, 0.717) is 19.6 Å². The lowest BCUT2D eigenvalue weighted by Crippen LogP contribution is -2.60. The summed E-state index contributed by atoms with van der Waals surface area (Å²) in [7, 11) is 0. The van der Waals surface area contributed by atoms with E-state index in [2.05, 4.69) is 5.32 Å². The predicted molar refractivity (Wildman–Crippen MR) is 129 cm³/mol. The Balaban J connectivity index is 1.60. The highest BCUT2D eigenvalue weighted by atomic mass is 16.6. The molecule has 1 saturated heterocycles. The van der Waals surface area contributed by atoms with Gasteiger partial charge in [-0.3, -0.25) is 4.79 Å². The second kappa shape index (κ2) is 11.6. The molecule has 0 spiro atoms. The van der Waals surface area contributed by atoms with Crippen LogP contribution >= 0.6 is 0 Å². The Morgan fingerprint density at radius 2 is 1.74 bits per heavy atom. The van der Waals surface area contributed by atoms with Crippen molar-refractivity contribution < 1.29 is 23.9 Å². The summed E-state index contributed by atoms with van der Waals surface area (Å²) in [6.07, 6.45) is 4.15. The van der Waals surface area contributed by atoms with Crippen molar-refractivity contribution in [3.8, 4) is 0 Å². The van der Waals surface area contributed by atoms with E-state index in [1.807, 2.05) is 58.0 Å².